The molecular weight excluding hydrogens is 1170 g/mol. The largest absolute Gasteiger partial charge is 0.480 e. The molecule has 4 N–H and O–H groups in total. The van der Waals surface area contributed by atoms with Crippen molar-refractivity contribution in [3.8, 4) is 0 Å². The minimum Gasteiger partial charge on any atom is -0.480 e. The molecule has 3 heterocycles. The number of carboxylic acids is 1. The first-order chi connectivity index (χ1) is 42.3. The highest BCUT2D eigenvalue weighted by Crippen LogP contribution is 2.36. The van der Waals surface area contributed by atoms with Crippen LogP contribution in [0.15, 0.2) is 59.1 Å². The Labute approximate surface area is 529 Å². The second-order valence-electron chi connectivity index (χ2n) is 23.1. The van der Waals surface area contributed by atoms with Gasteiger partial charge in [0.25, 0.3) is 5.91 Å². The fourth-order valence-electron chi connectivity index (χ4n) is 11.5. The summed E-state index contributed by atoms with van der Waals surface area (Å²) in [6.07, 6.45) is 9.31. The molecule has 1 aromatic carbocycles. The standard InChI is InChI=1S/C63H99N7O16S2/c1-11-43(4)55(50(79-8)41-53(72)69-25-15-19-49(69)56(80-9)44(5)57(73)65-48(60(76)77)39-45-17-13-12-14-18-45)68(7)59(75)54(42(2)3)67-61(78)63(6)23-16-26-70(63)52(71)22-27-81-29-31-83-33-35-85-37-38-86-36-34-84-32-30-82-28-24-64-58(74)46-20-21-47-51(40-46)88-62(66-47)87-10/h12-14,17-18,20-21,40,42-44,47-51,54-56H,11,15-16,19,22-39,41H2,1-10H3,(H,64,74)(H,65,73)(H,67,78)(H,76,77)/t43-,44+,47?,48-,49-,50+,51?,54-,55-,56+,63-/m0/s1. The average Bonchev–Trinajstić information content (AvgIpc) is 3.17. The average molecular weight is 1270 g/mol. The van der Waals surface area contributed by atoms with Crippen LogP contribution < -0.4 is 16.0 Å². The van der Waals surface area contributed by atoms with Gasteiger partial charge in [0.1, 0.15) is 22.0 Å². The predicted molar refractivity (Wildman–Crippen MR) is 338 cm³/mol. The van der Waals surface area contributed by atoms with E-state index in [-0.39, 0.29) is 79.2 Å². The number of aliphatic carboxylic acids is 1. The molecular formula is C63H99N7O16S2. The number of amides is 6. The van der Waals surface area contributed by atoms with Gasteiger partial charge in [-0.25, -0.2) is 4.79 Å². The van der Waals surface area contributed by atoms with Gasteiger partial charge in [-0.1, -0.05) is 101 Å². The number of hydrogen-bond donors (Lipinski definition) is 4. The maximum atomic E-state index is 14.7. The topological polar surface area (TPSA) is 272 Å². The Kier molecular flexibility index (Phi) is 32.4. The molecule has 0 spiro atoms. The second-order valence-corrected chi connectivity index (χ2v) is 25.3. The fourth-order valence-corrected chi connectivity index (χ4v) is 13.4. The summed E-state index contributed by atoms with van der Waals surface area (Å²) in [4.78, 5) is 105. The van der Waals surface area contributed by atoms with Gasteiger partial charge in [0, 0.05) is 52.9 Å². The Hall–Kier alpha value is -4.96. The molecule has 25 heteroatoms. The Morgan fingerprint density at radius 1 is 0.818 bits per heavy atom. The highest BCUT2D eigenvalue weighted by atomic mass is 32.2. The number of hydrogen-bond acceptors (Lipinski definition) is 18. The highest BCUT2D eigenvalue weighted by Gasteiger charge is 2.48. The van der Waals surface area contributed by atoms with Crippen molar-refractivity contribution in [2.45, 2.75) is 146 Å². The lowest BCUT2D eigenvalue weighted by Crippen LogP contribution is -2.62. The SMILES string of the molecule is CC[C@H](C)[C@@H]([C@@H](CC(=O)N1CCC[C@H]1[C@H](OC)[C@@H](C)C(=O)N[C@@H](Cc1ccccc1)C(=O)O)OC)N(C)C(=O)[C@@H](NC(=O)[C@]1(C)CCCN1C(=O)CCOCCOCCOCCOCCOCCOCCNC(=O)C1=CC2SC(SC)=NC2C=C1)C(C)C. The van der Waals surface area contributed by atoms with Crippen molar-refractivity contribution in [2.75, 3.05) is 126 Å². The zero-order chi connectivity index (χ0) is 64.2. The number of ether oxygens (including phenoxy) is 8. The number of carbonyl (C=O) groups is 7. The molecule has 2 unspecified atom stereocenters. The molecule has 11 atom stereocenters. The summed E-state index contributed by atoms with van der Waals surface area (Å²) in [5.41, 5.74) is 0.210. The Morgan fingerprint density at radius 2 is 1.43 bits per heavy atom. The number of carboxylic acid groups (broad SMARTS) is 1. The van der Waals surface area contributed by atoms with E-state index in [1.165, 1.54) is 14.2 Å². The monoisotopic (exact) mass is 1270 g/mol. The van der Waals surface area contributed by atoms with E-state index in [1.807, 2.05) is 70.4 Å². The van der Waals surface area contributed by atoms with E-state index in [1.54, 1.807) is 71.3 Å². The number of fused-ring (bicyclic) bond motifs is 1. The van der Waals surface area contributed by atoms with Gasteiger partial charge in [0.05, 0.1) is 134 Å². The lowest BCUT2D eigenvalue weighted by Gasteiger charge is -2.41. The van der Waals surface area contributed by atoms with Crippen LogP contribution in [0, 0.1) is 17.8 Å². The number of likely N-dealkylation sites (tertiary alicyclic amines) is 2. The molecule has 23 nitrogen and oxygen atoms in total. The lowest BCUT2D eigenvalue weighted by atomic mass is 9.89. The van der Waals surface area contributed by atoms with E-state index < -0.39 is 65.6 Å². The predicted octanol–water partition coefficient (Wildman–Crippen LogP) is 4.55. The van der Waals surface area contributed by atoms with Crippen molar-refractivity contribution in [1.82, 2.24) is 30.7 Å². The van der Waals surface area contributed by atoms with Crippen molar-refractivity contribution in [2.24, 2.45) is 22.7 Å². The van der Waals surface area contributed by atoms with Gasteiger partial charge in [0.15, 0.2) is 0 Å². The summed E-state index contributed by atoms with van der Waals surface area (Å²) in [6, 6.07) is 5.97. The number of carbonyl (C=O) groups excluding carboxylic acids is 6. The molecule has 494 valence electrons. The molecule has 0 radical (unpaired) electrons. The first-order valence-electron chi connectivity index (χ1n) is 31.0. The summed E-state index contributed by atoms with van der Waals surface area (Å²) in [5.74, 6) is -4.31. The quantitative estimate of drug-likeness (QED) is 0.0655. The van der Waals surface area contributed by atoms with E-state index in [0.29, 0.717) is 123 Å². The third-order valence-corrected chi connectivity index (χ3v) is 19.0. The number of nitrogens with zero attached hydrogens (tertiary/aromatic N) is 4. The molecule has 2 saturated heterocycles. The Morgan fingerprint density at radius 3 is 2.00 bits per heavy atom. The van der Waals surface area contributed by atoms with Crippen molar-refractivity contribution in [1.29, 1.82) is 0 Å². The smallest absolute Gasteiger partial charge is 0.326 e. The van der Waals surface area contributed by atoms with Crippen LogP contribution in [-0.4, -0.2) is 245 Å². The lowest BCUT2D eigenvalue weighted by molar-refractivity contribution is -0.150. The van der Waals surface area contributed by atoms with Gasteiger partial charge in [-0.15, -0.1) is 11.8 Å². The third-order valence-electron chi connectivity index (χ3n) is 16.7. The van der Waals surface area contributed by atoms with Crippen LogP contribution in [0.1, 0.15) is 92.1 Å². The molecule has 88 heavy (non-hydrogen) atoms. The normalized spacial score (nSPS) is 21.4. The molecule has 0 bridgehead atoms. The number of methoxy groups -OCH3 is 2. The molecule has 3 aliphatic heterocycles. The van der Waals surface area contributed by atoms with E-state index in [9.17, 15) is 38.7 Å². The van der Waals surface area contributed by atoms with Crippen molar-refractivity contribution in [3.63, 3.8) is 0 Å². The maximum absolute atomic E-state index is 14.7. The number of benzene rings is 1. The number of rotatable bonds is 41. The van der Waals surface area contributed by atoms with Crippen LogP contribution >= 0.6 is 23.5 Å². The van der Waals surface area contributed by atoms with E-state index in [2.05, 4.69) is 20.9 Å². The zero-order valence-electron chi connectivity index (χ0n) is 53.4. The van der Waals surface area contributed by atoms with Crippen molar-refractivity contribution < 1.29 is 76.6 Å². The van der Waals surface area contributed by atoms with Crippen molar-refractivity contribution >= 4 is 69.3 Å². The number of likely N-dealkylation sites (N-methyl/N-ethyl adjacent to an activating group) is 1. The first-order valence-corrected chi connectivity index (χ1v) is 33.1. The molecule has 0 aromatic heterocycles. The summed E-state index contributed by atoms with van der Waals surface area (Å²) in [6.45, 7) is 16.6. The molecule has 5 rings (SSSR count). The van der Waals surface area contributed by atoms with Gasteiger partial charge in [0.2, 0.25) is 29.5 Å². The second kappa shape index (κ2) is 38.7. The van der Waals surface area contributed by atoms with Crippen LogP contribution in [0.4, 0.5) is 0 Å². The number of thioether (sulfide) groups is 2. The Bertz CT molecular complexity index is 2480. The Balaban J connectivity index is 0.959. The number of aliphatic imine (C=N–C) groups is 1. The number of nitrogens with one attached hydrogen (secondary N) is 3. The minimum atomic E-state index is -1.20. The molecule has 2 fully saturated rings. The highest BCUT2D eigenvalue weighted by molar-refractivity contribution is 8.39. The van der Waals surface area contributed by atoms with Crippen LogP contribution in [-0.2, 0) is 77.9 Å². The van der Waals surface area contributed by atoms with Crippen LogP contribution in [0.2, 0.25) is 0 Å². The zero-order valence-corrected chi connectivity index (χ0v) is 55.0. The summed E-state index contributed by atoms with van der Waals surface area (Å²) < 4.78 is 46.7. The van der Waals surface area contributed by atoms with Crippen LogP contribution in [0.3, 0.4) is 0 Å². The molecule has 1 aromatic rings. The fraction of sp³-hybridized carbons (Fsp3) is 0.714. The van der Waals surface area contributed by atoms with E-state index >= 15 is 0 Å². The first kappa shape index (κ1) is 73.8. The summed E-state index contributed by atoms with van der Waals surface area (Å²) in [5, 5.41) is 18.8. The van der Waals surface area contributed by atoms with Gasteiger partial charge < -0.3 is 73.7 Å². The molecule has 0 saturated carbocycles. The van der Waals surface area contributed by atoms with Gasteiger partial charge >= 0.3 is 5.97 Å². The maximum Gasteiger partial charge on any atom is 0.326 e. The van der Waals surface area contributed by atoms with Gasteiger partial charge in [-0.3, -0.25) is 33.8 Å². The molecule has 4 aliphatic rings. The molecule has 6 amide bonds. The summed E-state index contributed by atoms with van der Waals surface area (Å²) in [7, 11) is 4.66. The minimum absolute atomic E-state index is 0.0591. The van der Waals surface area contributed by atoms with E-state index in [0.717, 1.165) is 9.94 Å². The van der Waals surface area contributed by atoms with Crippen LogP contribution in [0.25, 0.3) is 0 Å². The van der Waals surface area contributed by atoms with Crippen molar-refractivity contribution in [3.05, 3.63) is 59.7 Å². The van der Waals surface area contributed by atoms with Gasteiger partial charge in [-0.2, -0.15) is 0 Å². The third kappa shape index (κ3) is 22.2. The van der Waals surface area contributed by atoms with Crippen LogP contribution in [0.5, 0.6) is 0 Å². The van der Waals surface area contributed by atoms with Gasteiger partial charge in [-0.05, 0) is 56.3 Å². The summed E-state index contributed by atoms with van der Waals surface area (Å²) >= 11 is 3.31. The van der Waals surface area contributed by atoms with E-state index in [4.69, 9.17) is 37.9 Å². The molecule has 1 aliphatic carbocycles.